The first-order valence-corrected chi connectivity index (χ1v) is 12.7. The molecule has 0 aliphatic carbocycles. The van der Waals surface area contributed by atoms with Gasteiger partial charge < -0.3 is 10.4 Å². The Hall–Kier alpha value is -4.65. The summed E-state index contributed by atoms with van der Waals surface area (Å²) in [5.74, 6) is -1.00. The fraction of sp³-hybridized carbons (Fsp3) is 0.194. The number of aromatic nitrogens is 3. The average Bonchev–Trinajstić information content (AvgIpc) is 2.94. The van der Waals surface area contributed by atoms with Crippen molar-refractivity contribution in [2.24, 2.45) is 0 Å². The molecule has 0 radical (unpaired) electrons. The molecule has 5 rings (SSSR count). The van der Waals surface area contributed by atoms with Crippen LogP contribution in [0.15, 0.2) is 85.1 Å². The van der Waals surface area contributed by atoms with E-state index in [9.17, 15) is 9.59 Å². The van der Waals surface area contributed by atoms with Crippen molar-refractivity contribution in [3.05, 3.63) is 102 Å². The van der Waals surface area contributed by atoms with Gasteiger partial charge in [0.25, 0.3) is 5.91 Å². The molecule has 2 heterocycles. The van der Waals surface area contributed by atoms with E-state index in [1.807, 2.05) is 73.7 Å². The van der Waals surface area contributed by atoms with Crippen molar-refractivity contribution in [3.8, 4) is 11.3 Å². The van der Waals surface area contributed by atoms with Gasteiger partial charge in [-0.1, -0.05) is 48.5 Å². The summed E-state index contributed by atoms with van der Waals surface area (Å²) in [6.45, 7) is 1.96. The summed E-state index contributed by atoms with van der Waals surface area (Å²) < 4.78 is 0. The second kappa shape index (κ2) is 11.2. The highest BCUT2D eigenvalue weighted by atomic mass is 16.4. The Morgan fingerprint density at radius 3 is 2.53 bits per heavy atom. The molecular weight excluding hydrogens is 476 g/mol. The zero-order chi connectivity index (χ0) is 26.5. The molecule has 0 saturated carbocycles. The monoisotopic (exact) mass is 504 g/mol. The zero-order valence-electron chi connectivity index (χ0n) is 21.1. The molecule has 0 aliphatic heterocycles. The molecule has 2 N–H and O–H groups in total. The maximum atomic E-state index is 13.2. The summed E-state index contributed by atoms with van der Waals surface area (Å²) in [6, 6.07) is 24.8. The van der Waals surface area contributed by atoms with Gasteiger partial charge >= 0.3 is 5.97 Å². The van der Waals surface area contributed by atoms with Gasteiger partial charge in [-0.15, -0.1) is 0 Å². The number of carbonyl (C=O) groups is 2. The number of hydrogen-bond acceptors (Lipinski definition) is 5. The first-order valence-electron chi connectivity index (χ1n) is 12.7. The van der Waals surface area contributed by atoms with Crippen molar-refractivity contribution in [1.29, 1.82) is 0 Å². The third-order valence-electron chi connectivity index (χ3n) is 6.59. The second-order valence-electron chi connectivity index (χ2n) is 9.30. The summed E-state index contributed by atoms with van der Waals surface area (Å²) >= 11 is 0. The Kier molecular flexibility index (Phi) is 7.35. The van der Waals surface area contributed by atoms with E-state index in [-0.39, 0.29) is 18.4 Å². The molecule has 7 nitrogen and oxygen atoms in total. The van der Waals surface area contributed by atoms with Crippen LogP contribution in [0, 0.1) is 0 Å². The molecule has 1 amide bonds. The Balaban J connectivity index is 1.43. The molecule has 0 bridgehead atoms. The molecule has 0 fully saturated rings. The average molecular weight is 505 g/mol. The SMILES string of the molecule is C[C@H](NC(=O)c1ccc2nc(-c3ccccc3)c(CCCCC(=O)O)nc2c1)c1cccc2ncccc12. The summed E-state index contributed by atoms with van der Waals surface area (Å²) in [5, 5.41) is 13.1. The number of benzene rings is 3. The molecule has 190 valence electrons. The molecule has 3 aromatic carbocycles. The molecule has 5 aromatic rings. The summed E-state index contributed by atoms with van der Waals surface area (Å²) in [6.07, 6.45) is 3.73. The summed E-state index contributed by atoms with van der Waals surface area (Å²) in [7, 11) is 0. The first-order chi connectivity index (χ1) is 18.5. The van der Waals surface area contributed by atoms with Crippen LogP contribution in [0.25, 0.3) is 33.2 Å². The van der Waals surface area contributed by atoms with E-state index in [0.717, 1.165) is 33.4 Å². The van der Waals surface area contributed by atoms with Crippen molar-refractivity contribution in [2.75, 3.05) is 0 Å². The van der Waals surface area contributed by atoms with Crippen molar-refractivity contribution >= 4 is 33.8 Å². The van der Waals surface area contributed by atoms with Gasteiger partial charge in [0.1, 0.15) is 0 Å². The number of fused-ring (bicyclic) bond motifs is 2. The quantitative estimate of drug-likeness (QED) is 0.234. The van der Waals surface area contributed by atoms with Crippen molar-refractivity contribution in [2.45, 2.75) is 38.6 Å². The number of pyridine rings is 1. The third kappa shape index (κ3) is 5.52. The molecule has 2 aromatic heterocycles. The number of unbranched alkanes of at least 4 members (excludes halogenated alkanes) is 1. The molecule has 0 spiro atoms. The van der Waals surface area contributed by atoms with E-state index < -0.39 is 5.97 Å². The Morgan fingerprint density at radius 1 is 0.868 bits per heavy atom. The van der Waals surface area contributed by atoms with Crippen molar-refractivity contribution in [3.63, 3.8) is 0 Å². The van der Waals surface area contributed by atoms with Crippen LogP contribution in [0.2, 0.25) is 0 Å². The lowest BCUT2D eigenvalue weighted by atomic mass is 10.0. The lowest BCUT2D eigenvalue weighted by Crippen LogP contribution is -2.26. The van der Waals surface area contributed by atoms with E-state index in [1.165, 1.54) is 0 Å². The lowest BCUT2D eigenvalue weighted by Gasteiger charge is -2.17. The minimum absolute atomic E-state index is 0.122. The van der Waals surface area contributed by atoms with Crippen LogP contribution in [0.4, 0.5) is 0 Å². The normalized spacial score (nSPS) is 11.9. The standard InChI is InChI=1S/C31H28N4O3/c1-20(23-11-7-14-25-24(23)12-8-18-32-25)33-31(38)22-16-17-26-28(19-22)34-27(13-5-6-15-29(36)37)30(35-26)21-9-3-2-4-10-21/h2-4,7-12,14,16-20H,5-6,13,15H2,1H3,(H,33,38)(H,36,37)/t20-/m0/s1. The van der Waals surface area contributed by atoms with Gasteiger partial charge in [-0.05, 0) is 62.1 Å². The Bertz CT molecular complexity index is 1610. The molecule has 0 aliphatic rings. The molecule has 0 saturated heterocycles. The number of carboxylic acids is 1. The molecule has 0 unspecified atom stereocenters. The van der Waals surface area contributed by atoms with E-state index in [2.05, 4.69) is 10.3 Å². The second-order valence-corrected chi connectivity index (χ2v) is 9.30. The number of hydrogen-bond donors (Lipinski definition) is 2. The highest BCUT2D eigenvalue weighted by Crippen LogP contribution is 2.26. The van der Waals surface area contributed by atoms with Crippen LogP contribution in [0.5, 0.6) is 0 Å². The third-order valence-corrected chi connectivity index (χ3v) is 6.59. The van der Waals surface area contributed by atoms with E-state index in [4.69, 9.17) is 15.1 Å². The van der Waals surface area contributed by atoms with Gasteiger partial charge in [0.05, 0.1) is 34.0 Å². The number of aryl methyl sites for hydroxylation is 1. The van der Waals surface area contributed by atoms with Crippen LogP contribution in [-0.2, 0) is 11.2 Å². The summed E-state index contributed by atoms with van der Waals surface area (Å²) in [4.78, 5) is 38.4. The van der Waals surface area contributed by atoms with Crippen LogP contribution >= 0.6 is 0 Å². The minimum Gasteiger partial charge on any atom is -0.481 e. The number of rotatable bonds is 9. The van der Waals surface area contributed by atoms with Gasteiger partial charge in [0.15, 0.2) is 0 Å². The summed E-state index contributed by atoms with van der Waals surface area (Å²) in [5.41, 5.74) is 6.25. The van der Waals surface area contributed by atoms with E-state index in [1.54, 1.807) is 18.3 Å². The number of amides is 1. The maximum Gasteiger partial charge on any atom is 0.303 e. The largest absolute Gasteiger partial charge is 0.481 e. The van der Waals surface area contributed by atoms with Crippen LogP contribution in [0.1, 0.15) is 53.8 Å². The van der Waals surface area contributed by atoms with Gasteiger partial charge in [-0.2, -0.15) is 0 Å². The van der Waals surface area contributed by atoms with Crippen molar-refractivity contribution in [1.82, 2.24) is 20.3 Å². The Morgan fingerprint density at radius 2 is 1.71 bits per heavy atom. The lowest BCUT2D eigenvalue weighted by molar-refractivity contribution is -0.137. The molecular formula is C31H28N4O3. The maximum absolute atomic E-state index is 13.2. The van der Waals surface area contributed by atoms with Gasteiger partial charge in [-0.3, -0.25) is 14.6 Å². The number of carboxylic acid groups (broad SMARTS) is 1. The predicted octanol–water partition coefficient (Wildman–Crippen LogP) is 6.13. The molecule has 1 atom stereocenters. The first kappa shape index (κ1) is 25.0. The van der Waals surface area contributed by atoms with Crippen LogP contribution in [-0.4, -0.2) is 31.9 Å². The highest BCUT2D eigenvalue weighted by Gasteiger charge is 2.16. The van der Waals surface area contributed by atoms with Gasteiger partial charge in [0.2, 0.25) is 0 Å². The minimum atomic E-state index is -0.803. The number of aliphatic carboxylic acids is 1. The zero-order valence-corrected chi connectivity index (χ0v) is 21.1. The molecule has 38 heavy (non-hydrogen) atoms. The number of nitrogens with one attached hydrogen (secondary N) is 1. The van der Waals surface area contributed by atoms with Crippen LogP contribution in [0.3, 0.4) is 0 Å². The topological polar surface area (TPSA) is 105 Å². The fourth-order valence-electron chi connectivity index (χ4n) is 4.66. The predicted molar refractivity (Wildman–Crippen MR) is 148 cm³/mol. The smallest absolute Gasteiger partial charge is 0.303 e. The number of carbonyl (C=O) groups excluding carboxylic acids is 1. The van der Waals surface area contributed by atoms with Gasteiger partial charge in [-0.25, -0.2) is 9.97 Å². The van der Waals surface area contributed by atoms with E-state index in [0.29, 0.717) is 35.9 Å². The van der Waals surface area contributed by atoms with Crippen LogP contribution < -0.4 is 5.32 Å². The Labute approximate surface area is 220 Å². The van der Waals surface area contributed by atoms with Crippen molar-refractivity contribution < 1.29 is 14.7 Å². The number of nitrogens with zero attached hydrogens (tertiary/aromatic N) is 3. The molecule has 7 heteroatoms. The fourth-order valence-corrected chi connectivity index (χ4v) is 4.66. The van der Waals surface area contributed by atoms with E-state index >= 15 is 0 Å². The highest BCUT2D eigenvalue weighted by molar-refractivity contribution is 5.98. The van der Waals surface area contributed by atoms with Gasteiger partial charge in [0, 0.05) is 29.1 Å².